The topological polar surface area (TPSA) is 73.4 Å². The molecule has 0 aromatic heterocycles. The molecule has 0 aliphatic carbocycles. The molecule has 3 aromatic carbocycles. The number of carbonyl (C=O) groups excluding carboxylic acids is 1. The van der Waals surface area contributed by atoms with E-state index in [1.165, 1.54) is 12.1 Å². The van der Waals surface area contributed by atoms with Crippen LogP contribution in [0.4, 0.5) is 8.78 Å². The number of aliphatic hydroxyl groups is 1. The molecule has 0 aliphatic rings. The fourth-order valence-corrected chi connectivity index (χ4v) is 4.81. The predicted molar refractivity (Wildman–Crippen MR) is 170 cm³/mol. The van der Waals surface area contributed by atoms with E-state index < -0.39 is 23.8 Å². The van der Waals surface area contributed by atoms with Gasteiger partial charge in [-0.15, -0.1) is 24.8 Å². The van der Waals surface area contributed by atoms with Crippen LogP contribution in [0.2, 0.25) is 0 Å². The normalized spacial score (nSPS) is 13.0. The van der Waals surface area contributed by atoms with Crippen molar-refractivity contribution in [2.75, 3.05) is 6.54 Å². The summed E-state index contributed by atoms with van der Waals surface area (Å²) in [7, 11) is 0. The molecule has 0 spiro atoms. The number of aliphatic hydroxyl groups excluding tert-OH is 1. The minimum Gasteiger partial charge on any atom is -0.390 e. The van der Waals surface area contributed by atoms with Gasteiger partial charge in [0.15, 0.2) is 0 Å². The summed E-state index contributed by atoms with van der Waals surface area (Å²) in [5.41, 5.74) is 3.82. The van der Waals surface area contributed by atoms with Crippen LogP contribution in [-0.2, 0) is 19.5 Å². The zero-order valence-corrected chi connectivity index (χ0v) is 26.6. The Hall–Kier alpha value is -1.82. The van der Waals surface area contributed by atoms with Crippen LogP contribution in [0.25, 0.3) is 0 Å². The summed E-state index contributed by atoms with van der Waals surface area (Å²) >= 11 is 2.24. The average Bonchev–Trinajstić information content (AvgIpc) is 2.86. The lowest BCUT2D eigenvalue weighted by atomic mass is 9.99. The quantitative estimate of drug-likeness (QED) is 0.162. The van der Waals surface area contributed by atoms with Crippen molar-refractivity contribution < 1.29 is 18.7 Å². The van der Waals surface area contributed by atoms with Crippen LogP contribution in [0.1, 0.15) is 52.9 Å². The molecule has 1 amide bonds. The van der Waals surface area contributed by atoms with E-state index in [2.05, 4.69) is 52.4 Å². The van der Waals surface area contributed by atoms with Gasteiger partial charge in [0.25, 0.3) is 5.91 Å². The van der Waals surface area contributed by atoms with E-state index >= 15 is 0 Å². The summed E-state index contributed by atoms with van der Waals surface area (Å²) in [4.78, 5) is 13.3. The maximum absolute atomic E-state index is 13.9. The van der Waals surface area contributed by atoms with Gasteiger partial charge in [-0.2, -0.15) is 0 Å². The summed E-state index contributed by atoms with van der Waals surface area (Å²) in [6.07, 6.45) is 0.0712. The second-order valence-corrected chi connectivity index (χ2v) is 11.0. The van der Waals surface area contributed by atoms with E-state index in [1.54, 1.807) is 6.07 Å². The van der Waals surface area contributed by atoms with Gasteiger partial charge < -0.3 is 21.1 Å². The largest absolute Gasteiger partial charge is 0.390 e. The minimum absolute atomic E-state index is 0. The van der Waals surface area contributed by atoms with Crippen LogP contribution >= 0.6 is 47.4 Å². The first kappa shape index (κ1) is 36.2. The molecule has 5 nitrogen and oxygen atoms in total. The average molecular weight is 708 g/mol. The summed E-state index contributed by atoms with van der Waals surface area (Å²) in [6.45, 7) is 7.50. The third-order valence-electron chi connectivity index (χ3n) is 6.40. The maximum Gasteiger partial charge on any atom is 0.251 e. The molecule has 4 N–H and O–H groups in total. The van der Waals surface area contributed by atoms with Crippen LogP contribution in [0.15, 0.2) is 60.7 Å². The SMILES string of the molecule is CCC(C)NCc1cc(C)cc(C(=O)N[C@@H](Cc2cc(F)cc(F)c2)[C@H](O)CNCc2cccc(I)c2)c1.Cl.Cl. The highest BCUT2D eigenvalue weighted by molar-refractivity contribution is 14.1. The Bertz CT molecular complexity index is 1220. The molecule has 3 rings (SSSR count). The molecule has 0 radical (unpaired) electrons. The van der Waals surface area contributed by atoms with Crippen molar-refractivity contribution in [3.05, 3.63) is 104 Å². The van der Waals surface area contributed by atoms with Crippen molar-refractivity contribution in [3.63, 3.8) is 0 Å². The third kappa shape index (κ3) is 12.0. The number of nitrogens with one attached hydrogen (secondary N) is 3. The highest BCUT2D eigenvalue weighted by atomic mass is 127. The fraction of sp³-hybridized carbons (Fsp3) is 0.367. The van der Waals surface area contributed by atoms with Crippen molar-refractivity contribution in [1.29, 1.82) is 0 Å². The Balaban J connectivity index is 0.00000400. The Morgan fingerprint density at radius 1 is 0.950 bits per heavy atom. The fourth-order valence-electron chi connectivity index (χ4n) is 4.20. The van der Waals surface area contributed by atoms with Crippen molar-refractivity contribution in [2.45, 2.75) is 64.9 Å². The zero-order chi connectivity index (χ0) is 27.7. The summed E-state index contributed by atoms with van der Waals surface area (Å²) in [5.74, 6) is -1.75. The standard InChI is InChI=1S/C30H36F2IN3O2.2ClH/c1-4-20(3)35-17-23-8-19(2)9-24(10-23)30(38)36-28(14-22-11-25(31)15-26(32)12-22)29(37)18-34-16-21-6-5-7-27(33)13-21;;/h5-13,15,20,28-29,34-35,37H,4,14,16-18H2,1-3H3,(H,36,38);2*1H/t20?,28-,29+;;/m0../s1. The zero-order valence-electron chi connectivity index (χ0n) is 22.8. The summed E-state index contributed by atoms with van der Waals surface area (Å²) in [6, 6.07) is 16.5. The summed E-state index contributed by atoms with van der Waals surface area (Å²) in [5, 5.41) is 20.6. The number of carbonyl (C=O) groups is 1. The minimum atomic E-state index is -0.996. The molecular formula is C30H38Cl2F2IN3O2. The Labute approximate surface area is 261 Å². The van der Waals surface area contributed by atoms with Gasteiger partial charge in [0, 0.05) is 40.9 Å². The molecule has 0 bridgehead atoms. The van der Waals surface area contributed by atoms with E-state index in [4.69, 9.17) is 0 Å². The molecule has 0 saturated heterocycles. The van der Waals surface area contributed by atoms with E-state index in [1.807, 2.05) is 43.3 Å². The molecule has 1 unspecified atom stereocenters. The van der Waals surface area contributed by atoms with Crippen molar-refractivity contribution >= 4 is 53.3 Å². The molecule has 0 heterocycles. The van der Waals surface area contributed by atoms with E-state index in [0.717, 1.165) is 32.7 Å². The van der Waals surface area contributed by atoms with Crippen LogP contribution in [0.5, 0.6) is 0 Å². The number of hydrogen-bond acceptors (Lipinski definition) is 4. The first-order valence-corrected chi connectivity index (χ1v) is 13.9. The van der Waals surface area contributed by atoms with Gasteiger partial charge in [0.05, 0.1) is 12.1 Å². The van der Waals surface area contributed by atoms with E-state index in [9.17, 15) is 18.7 Å². The second-order valence-electron chi connectivity index (χ2n) is 9.79. The highest BCUT2D eigenvalue weighted by Gasteiger charge is 2.23. The number of benzene rings is 3. The van der Waals surface area contributed by atoms with Crippen LogP contribution in [-0.4, -0.2) is 35.7 Å². The molecule has 3 atom stereocenters. The number of hydrogen-bond donors (Lipinski definition) is 4. The van der Waals surface area contributed by atoms with Crippen molar-refractivity contribution in [3.8, 4) is 0 Å². The Kier molecular flexibility index (Phi) is 16.2. The number of aryl methyl sites for hydroxylation is 1. The third-order valence-corrected chi connectivity index (χ3v) is 7.07. The lowest BCUT2D eigenvalue weighted by Gasteiger charge is -2.25. The highest BCUT2D eigenvalue weighted by Crippen LogP contribution is 2.15. The maximum atomic E-state index is 13.9. The molecule has 40 heavy (non-hydrogen) atoms. The van der Waals surface area contributed by atoms with Gasteiger partial charge in [-0.25, -0.2) is 8.78 Å². The van der Waals surface area contributed by atoms with E-state index in [0.29, 0.717) is 30.3 Å². The molecule has 10 heteroatoms. The molecular weight excluding hydrogens is 670 g/mol. The van der Waals surface area contributed by atoms with Crippen LogP contribution in [0.3, 0.4) is 0 Å². The van der Waals surface area contributed by atoms with E-state index in [-0.39, 0.29) is 43.7 Å². The molecule has 3 aromatic rings. The number of amides is 1. The van der Waals surface area contributed by atoms with Gasteiger partial charge in [-0.3, -0.25) is 4.79 Å². The first-order chi connectivity index (χ1) is 18.1. The lowest BCUT2D eigenvalue weighted by Crippen LogP contribution is -2.48. The van der Waals surface area contributed by atoms with Gasteiger partial charge >= 0.3 is 0 Å². The Morgan fingerprint density at radius 3 is 2.30 bits per heavy atom. The molecule has 0 saturated carbocycles. The first-order valence-electron chi connectivity index (χ1n) is 12.9. The van der Waals surface area contributed by atoms with Crippen LogP contribution < -0.4 is 16.0 Å². The molecule has 0 aliphatic heterocycles. The second kappa shape index (κ2) is 17.9. The summed E-state index contributed by atoms with van der Waals surface area (Å²) < 4.78 is 28.8. The number of halogens is 5. The van der Waals surface area contributed by atoms with Gasteiger partial charge in [0.1, 0.15) is 11.6 Å². The van der Waals surface area contributed by atoms with Crippen LogP contribution in [0, 0.1) is 22.1 Å². The lowest BCUT2D eigenvalue weighted by molar-refractivity contribution is 0.0829. The smallest absolute Gasteiger partial charge is 0.251 e. The number of rotatable bonds is 13. The molecule has 0 fully saturated rings. The van der Waals surface area contributed by atoms with Crippen molar-refractivity contribution in [1.82, 2.24) is 16.0 Å². The van der Waals surface area contributed by atoms with Gasteiger partial charge in [-0.1, -0.05) is 30.7 Å². The van der Waals surface area contributed by atoms with Gasteiger partial charge in [-0.05, 0) is 102 Å². The molecule has 220 valence electrons. The van der Waals surface area contributed by atoms with Crippen molar-refractivity contribution in [2.24, 2.45) is 0 Å². The predicted octanol–water partition coefficient (Wildman–Crippen LogP) is 6.10. The Morgan fingerprint density at radius 2 is 1.65 bits per heavy atom. The van der Waals surface area contributed by atoms with Gasteiger partial charge in [0.2, 0.25) is 0 Å². The monoisotopic (exact) mass is 707 g/mol.